The lowest BCUT2D eigenvalue weighted by molar-refractivity contribution is -0.113. The molecule has 74 valence electrons. The number of anilines is 1. The van der Waals surface area contributed by atoms with Gasteiger partial charge in [-0.2, -0.15) is 10.4 Å². The summed E-state index contributed by atoms with van der Waals surface area (Å²) < 4.78 is 1.57. The van der Waals surface area contributed by atoms with Gasteiger partial charge in [0, 0.05) is 12.7 Å². The maximum Gasteiger partial charge on any atom is 0.239 e. The molecule has 0 fully saturated rings. The molecule has 1 N–H and O–H groups in total. The van der Waals surface area contributed by atoms with Gasteiger partial charge in [-0.25, -0.2) is 0 Å². The molecule has 1 heterocycles. The van der Waals surface area contributed by atoms with E-state index < -0.39 is 0 Å². The van der Waals surface area contributed by atoms with Crippen molar-refractivity contribution in [2.45, 2.75) is 13.5 Å². The van der Waals surface area contributed by atoms with Crippen molar-refractivity contribution in [3.05, 3.63) is 11.9 Å². The van der Waals surface area contributed by atoms with Crippen LogP contribution in [0.2, 0.25) is 0 Å². The Morgan fingerprint density at radius 1 is 1.86 bits per heavy atom. The lowest BCUT2D eigenvalue weighted by Crippen LogP contribution is -2.12. The van der Waals surface area contributed by atoms with Crippen molar-refractivity contribution in [3.8, 4) is 6.07 Å². The third kappa shape index (κ3) is 2.24. The van der Waals surface area contributed by atoms with Gasteiger partial charge >= 0.3 is 0 Å². The monoisotopic (exact) mass is 212 g/mol. The van der Waals surface area contributed by atoms with Gasteiger partial charge in [0.25, 0.3) is 0 Å². The van der Waals surface area contributed by atoms with Crippen LogP contribution in [0, 0.1) is 11.3 Å². The topological polar surface area (TPSA) is 70.7 Å². The fourth-order valence-electron chi connectivity index (χ4n) is 0.941. The number of hydrogen-bond donors (Lipinski definition) is 1. The number of aromatic nitrogens is 2. The Labute approximate surface area is 86.3 Å². The van der Waals surface area contributed by atoms with Gasteiger partial charge in [-0.3, -0.25) is 9.48 Å². The molecule has 1 aromatic heterocycles. The molecule has 0 atom stereocenters. The molecule has 6 heteroatoms. The number of halogens is 1. The molecule has 0 spiro atoms. The predicted octanol–water partition coefficient (Wildman–Crippen LogP) is 0.952. The standard InChI is InChI=1S/C8H9ClN4O/c1-2-13-5-7(6(4-10)12-13)11-8(14)3-9/h5H,2-3H2,1H3,(H,11,14). The molecule has 0 unspecified atom stereocenters. The Hall–Kier alpha value is -1.54. The molecule has 1 amide bonds. The van der Waals surface area contributed by atoms with Gasteiger partial charge in [0.15, 0.2) is 5.69 Å². The quantitative estimate of drug-likeness (QED) is 0.759. The molecule has 0 aromatic carbocycles. The van der Waals surface area contributed by atoms with E-state index in [1.54, 1.807) is 10.9 Å². The van der Waals surface area contributed by atoms with Gasteiger partial charge in [0.1, 0.15) is 11.9 Å². The summed E-state index contributed by atoms with van der Waals surface area (Å²) in [5.41, 5.74) is 0.602. The van der Waals surface area contributed by atoms with Crippen molar-refractivity contribution in [2.24, 2.45) is 0 Å². The Morgan fingerprint density at radius 2 is 2.57 bits per heavy atom. The second-order valence-electron chi connectivity index (χ2n) is 2.54. The van der Waals surface area contributed by atoms with Crippen LogP contribution in [-0.2, 0) is 11.3 Å². The largest absolute Gasteiger partial charge is 0.321 e. The molecule has 0 saturated heterocycles. The minimum Gasteiger partial charge on any atom is -0.321 e. The molecule has 0 aliphatic rings. The van der Waals surface area contributed by atoms with Crippen molar-refractivity contribution in [1.82, 2.24) is 9.78 Å². The van der Waals surface area contributed by atoms with Crippen LogP contribution in [0.25, 0.3) is 0 Å². The van der Waals surface area contributed by atoms with Crippen molar-refractivity contribution in [2.75, 3.05) is 11.2 Å². The third-order valence-corrected chi connectivity index (χ3v) is 1.83. The zero-order chi connectivity index (χ0) is 10.6. The molecule has 0 bridgehead atoms. The van der Waals surface area contributed by atoms with Crippen LogP contribution in [0.15, 0.2) is 6.20 Å². The highest BCUT2D eigenvalue weighted by molar-refractivity contribution is 6.29. The second kappa shape index (κ2) is 4.63. The van der Waals surface area contributed by atoms with E-state index in [2.05, 4.69) is 10.4 Å². The van der Waals surface area contributed by atoms with E-state index in [-0.39, 0.29) is 17.5 Å². The molecule has 5 nitrogen and oxygen atoms in total. The van der Waals surface area contributed by atoms with E-state index in [4.69, 9.17) is 16.9 Å². The van der Waals surface area contributed by atoms with Crippen LogP contribution in [0.4, 0.5) is 5.69 Å². The number of rotatable bonds is 3. The lowest BCUT2D eigenvalue weighted by Gasteiger charge is -1.97. The summed E-state index contributed by atoms with van der Waals surface area (Å²) >= 11 is 5.32. The first-order valence-electron chi connectivity index (χ1n) is 4.04. The maximum absolute atomic E-state index is 11.0. The summed E-state index contributed by atoms with van der Waals surface area (Å²) in [4.78, 5) is 11.0. The number of hydrogen-bond acceptors (Lipinski definition) is 3. The van der Waals surface area contributed by atoms with E-state index in [0.29, 0.717) is 12.2 Å². The number of aryl methyl sites for hydroxylation is 1. The van der Waals surface area contributed by atoms with Crippen LogP contribution in [0.5, 0.6) is 0 Å². The van der Waals surface area contributed by atoms with E-state index in [1.807, 2.05) is 13.0 Å². The van der Waals surface area contributed by atoms with Gasteiger partial charge in [0.05, 0.1) is 5.69 Å². The highest BCUT2D eigenvalue weighted by atomic mass is 35.5. The number of nitriles is 1. The van der Waals surface area contributed by atoms with E-state index in [0.717, 1.165) is 0 Å². The Bertz CT molecular complexity index is 379. The predicted molar refractivity (Wildman–Crippen MR) is 52.0 cm³/mol. The third-order valence-electron chi connectivity index (χ3n) is 1.59. The first-order valence-corrected chi connectivity index (χ1v) is 4.58. The van der Waals surface area contributed by atoms with Crippen LogP contribution in [0.3, 0.4) is 0 Å². The molecule has 0 aliphatic carbocycles. The molecule has 1 rings (SSSR count). The minimum absolute atomic E-state index is 0.137. The van der Waals surface area contributed by atoms with E-state index >= 15 is 0 Å². The van der Waals surface area contributed by atoms with Crippen molar-refractivity contribution < 1.29 is 4.79 Å². The normalized spacial score (nSPS) is 9.50. The average Bonchev–Trinajstić information content (AvgIpc) is 2.60. The fraction of sp³-hybridized carbons (Fsp3) is 0.375. The first kappa shape index (κ1) is 10.5. The van der Waals surface area contributed by atoms with Crippen LogP contribution < -0.4 is 5.32 Å². The van der Waals surface area contributed by atoms with Gasteiger partial charge < -0.3 is 5.32 Å². The summed E-state index contributed by atoms with van der Waals surface area (Å²) in [5, 5.41) is 15.1. The summed E-state index contributed by atoms with van der Waals surface area (Å²) in [5.74, 6) is -0.485. The number of carbonyl (C=O) groups is 1. The smallest absolute Gasteiger partial charge is 0.239 e. The van der Waals surface area contributed by atoms with Crippen LogP contribution in [0.1, 0.15) is 12.6 Å². The molecular weight excluding hydrogens is 204 g/mol. The van der Waals surface area contributed by atoms with Crippen molar-refractivity contribution >= 4 is 23.2 Å². The summed E-state index contributed by atoms with van der Waals surface area (Å²) in [6.45, 7) is 2.53. The minimum atomic E-state index is -0.348. The van der Waals surface area contributed by atoms with E-state index in [9.17, 15) is 4.79 Å². The SMILES string of the molecule is CCn1cc(NC(=O)CCl)c(C#N)n1. The van der Waals surface area contributed by atoms with Crippen molar-refractivity contribution in [1.29, 1.82) is 5.26 Å². The van der Waals surface area contributed by atoms with Gasteiger partial charge in [0.2, 0.25) is 5.91 Å². The number of alkyl halides is 1. The highest BCUT2D eigenvalue weighted by Gasteiger charge is 2.09. The zero-order valence-corrected chi connectivity index (χ0v) is 8.38. The Morgan fingerprint density at radius 3 is 3.07 bits per heavy atom. The van der Waals surface area contributed by atoms with E-state index in [1.165, 1.54) is 0 Å². The molecule has 14 heavy (non-hydrogen) atoms. The summed E-state index contributed by atoms with van der Waals surface area (Å²) in [7, 11) is 0. The lowest BCUT2D eigenvalue weighted by atomic mass is 10.4. The fourth-order valence-corrected chi connectivity index (χ4v) is 1.01. The van der Waals surface area contributed by atoms with Crippen LogP contribution >= 0.6 is 11.6 Å². The average molecular weight is 213 g/mol. The van der Waals surface area contributed by atoms with Crippen molar-refractivity contribution in [3.63, 3.8) is 0 Å². The Balaban J connectivity index is 2.90. The van der Waals surface area contributed by atoms with Crippen LogP contribution in [-0.4, -0.2) is 21.6 Å². The second-order valence-corrected chi connectivity index (χ2v) is 2.81. The van der Waals surface area contributed by atoms with Gasteiger partial charge in [-0.1, -0.05) is 0 Å². The maximum atomic E-state index is 11.0. The molecular formula is C8H9ClN4O. The molecule has 1 aromatic rings. The number of nitrogens with one attached hydrogen (secondary N) is 1. The first-order chi connectivity index (χ1) is 6.71. The number of nitrogens with zero attached hydrogens (tertiary/aromatic N) is 3. The molecule has 0 saturated carbocycles. The molecule has 0 radical (unpaired) electrons. The molecule has 0 aliphatic heterocycles. The zero-order valence-electron chi connectivity index (χ0n) is 7.62. The van der Waals surface area contributed by atoms with Gasteiger partial charge in [-0.15, -0.1) is 11.6 Å². The number of carbonyl (C=O) groups excluding carboxylic acids is 1. The number of amides is 1. The highest BCUT2D eigenvalue weighted by Crippen LogP contribution is 2.12. The van der Waals surface area contributed by atoms with Gasteiger partial charge in [-0.05, 0) is 6.92 Å². The summed E-state index contributed by atoms with van der Waals surface area (Å²) in [6, 6.07) is 1.89. The Kier molecular flexibility index (Phi) is 3.48. The summed E-state index contributed by atoms with van der Waals surface area (Å²) in [6.07, 6.45) is 1.60.